The summed E-state index contributed by atoms with van der Waals surface area (Å²) in [5.41, 5.74) is 2.32. The van der Waals surface area contributed by atoms with Gasteiger partial charge < -0.3 is 10.4 Å². The molecule has 0 bridgehead atoms. The number of nitrogens with zero attached hydrogens (tertiary/aromatic N) is 2. The summed E-state index contributed by atoms with van der Waals surface area (Å²) in [6.07, 6.45) is 1.46. The first kappa shape index (κ1) is 14.4. The Balaban J connectivity index is 2.10. The van der Waals surface area contributed by atoms with Gasteiger partial charge in [-0.3, -0.25) is 10.1 Å². The molecule has 108 valence electrons. The molecule has 0 saturated heterocycles. The number of hydrogen-bond donors (Lipinski definition) is 2. The lowest BCUT2D eigenvalue weighted by atomic mass is 10.1. The molecule has 0 fully saturated rings. The molecular formula is C14H13N3O4. The van der Waals surface area contributed by atoms with Crippen molar-refractivity contribution in [3.63, 3.8) is 0 Å². The van der Waals surface area contributed by atoms with E-state index in [2.05, 4.69) is 10.3 Å². The number of aromatic nitrogens is 1. The molecule has 0 saturated carbocycles. The lowest BCUT2D eigenvalue weighted by molar-refractivity contribution is -0.384. The molecule has 0 aliphatic carbocycles. The summed E-state index contributed by atoms with van der Waals surface area (Å²) in [7, 11) is 0. The number of nitro groups is 1. The predicted molar refractivity (Wildman–Crippen MR) is 76.4 cm³/mol. The Kier molecular flexibility index (Phi) is 4.13. The van der Waals surface area contributed by atoms with Gasteiger partial charge in [-0.1, -0.05) is 12.1 Å². The van der Waals surface area contributed by atoms with Crippen molar-refractivity contribution < 1.29 is 14.8 Å². The molecule has 1 aromatic carbocycles. The average Bonchev–Trinajstić information content (AvgIpc) is 2.46. The van der Waals surface area contributed by atoms with Crippen molar-refractivity contribution in [3.05, 3.63) is 63.5 Å². The number of nitrogens with one attached hydrogen (secondary N) is 1. The standard InChI is InChI=1S/C14H13N3O4/c1-9-2-4-11(17(20)21)6-13(9)16-8-10-3-5-12(14(18)19)15-7-10/h2-7,16H,8H2,1H3,(H,18,19). The van der Waals surface area contributed by atoms with E-state index in [1.54, 1.807) is 12.1 Å². The molecule has 0 unspecified atom stereocenters. The van der Waals surface area contributed by atoms with Gasteiger partial charge in [0.1, 0.15) is 5.69 Å². The molecule has 7 heteroatoms. The lowest BCUT2D eigenvalue weighted by Gasteiger charge is -2.09. The second kappa shape index (κ2) is 6.00. The third-order valence-electron chi connectivity index (χ3n) is 2.96. The van der Waals surface area contributed by atoms with Crippen molar-refractivity contribution in [1.29, 1.82) is 0 Å². The van der Waals surface area contributed by atoms with E-state index in [0.717, 1.165) is 11.1 Å². The van der Waals surface area contributed by atoms with E-state index in [4.69, 9.17) is 5.11 Å². The maximum atomic E-state index is 10.8. The number of aryl methyl sites for hydroxylation is 1. The fraction of sp³-hybridized carbons (Fsp3) is 0.143. The van der Waals surface area contributed by atoms with E-state index in [1.165, 1.54) is 24.4 Å². The first-order valence-corrected chi connectivity index (χ1v) is 6.14. The SMILES string of the molecule is Cc1ccc([N+](=O)[O-])cc1NCc1ccc(C(=O)O)nc1. The summed E-state index contributed by atoms with van der Waals surface area (Å²) < 4.78 is 0. The van der Waals surface area contributed by atoms with Crippen LogP contribution in [0.15, 0.2) is 36.5 Å². The number of nitro benzene ring substituents is 1. The number of aromatic carboxylic acids is 1. The summed E-state index contributed by atoms with van der Waals surface area (Å²) in [5.74, 6) is -1.08. The van der Waals surface area contributed by atoms with Crippen LogP contribution in [0.4, 0.5) is 11.4 Å². The van der Waals surface area contributed by atoms with Gasteiger partial charge in [-0.15, -0.1) is 0 Å². The van der Waals surface area contributed by atoms with Crippen molar-refractivity contribution in [2.24, 2.45) is 0 Å². The van der Waals surface area contributed by atoms with Gasteiger partial charge in [0.2, 0.25) is 0 Å². The zero-order valence-corrected chi connectivity index (χ0v) is 11.2. The molecule has 0 aliphatic rings. The van der Waals surface area contributed by atoms with Crippen LogP contribution in [-0.2, 0) is 6.54 Å². The van der Waals surface area contributed by atoms with Gasteiger partial charge in [-0.05, 0) is 24.1 Å². The molecular weight excluding hydrogens is 274 g/mol. The number of carboxylic acids is 1. The van der Waals surface area contributed by atoms with E-state index in [9.17, 15) is 14.9 Å². The van der Waals surface area contributed by atoms with Crippen LogP contribution in [0.1, 0.15) is 21.6 Å². The van der Waals surface area contributed by atoms with Crippen LogP contribution in [0.3, 0.4) is 0 Å². The Bertz CT molecular complexity index is 683. The number of benzene rings is 1. The van der Waals surface area contributed by atoms with E-state index in [-0.39, 0.29) is 11.4 Å². The predicted octanol–water partition coefficient (Wildman–Crippen LogP) is 2.61. The highest BCUT2D eigenvalue weighted by Crippen LogP contribution is 2.22. The molecule has 1 aromatic heterocycles. The highest BCUT2D eigenvalue weighted by Gasteiger charge is 2.09. The minimum atomic E-state index is -1.08. The smallest absolute Gasteiger partial charge is 0.354 e. The fourth-order valence-corrected chi connectivity index (χ4v) is 1.77. The summed E-state index contributed by atoms with van der Waals surface area (Å²) >= 11 is 0. The number of rotatable bonds is 5. The van der Waals surface area contributed by atoms with Crippen LogP contribution < -0.4 is 5.32 Å². The fourth-order valence-electron chi connectivity index (χ4n) is 1.77. The van der Waals surface area contributed by atoms with Gasteiger partial charge in [0, 0.05) is 30.6 Å². The molecule has 0 spiro atoms. The molecule has 21 heavy (non-hydrogen) atoms. The molecule has 2 rings (SSSR count). The van der Waals surface area contributed by atoms with Crippen molar-refractivity contribution in [2.75, 3.05) is 5.32 Å². The van der Waals surface area contributed by atoms with Crippen molar-refractivity contribution in [2.45, 2.75) is 13.5 Å². The van der Waals surface area contributed by atoms with Crippen molar-refractivity contribution >= 4 is 17.3 Å². The minimum Gasteiger partial charge on any atom is -0.477 e. The Morgan fingerprint density at radius 1 is 1.38 bits per heavy atom. The van der Waals surface area contributed by atoms with Crippen LogP contribution in [0.2, 0.25) is 0 Å². The molecule has 2 N–H and O–H groups in total. The van der Waals surface area contributed by atoms with Crippen LogP contribution in [0.5, 0.6) is 0 Å². The monoisotopic (exact) mass is 287 g/mol. The van der Waals surface area contributed by atoms with Gasteiger partial charge in [0.15, 0.2) is 0 Å². The summed E-state index contributed by atoms with van der Waals surface area (Å²) in [4.78, 5) is 24.8. The third-order valence-corrected chi connectivity index (χ3v) is 2.96. The first-order valence-electron chi connectivity index (χ1n) is 6.14. The molecule has 0 radical (unpaired) electrons. The van der Waals surface area contributed by atoms with Gasteiger partial charge in [-0.25, -0.2) is 9.78 Å². The average molecular weight is 287 g/mol. The number of anilines is 1. The zero-order valence-electron chi connectivity index (χ0n) is 11.2. The van der Waals surface area contributed by atoms with Crippen LogP contribution in [0.25, 0.3) is 0 Å². The van der Waals surface area contributed by atoms with E-state index in [0.29, 0.717) is 12.2 Å². The number of pyridine rings is 1. The molecule has 1 heterocycles. The normalized spacial score (nSPS) is 10.1. The first-order chi connectivity index (χ1) is 9.97. The zero-order chi connectivity index (χ0) is 15.4. The number of carboxylic acid groups (broad SMARTS) is 1. The maximum absolute atomic E-state index is 10.8. The number of carbonyl (C=O) groups is 1. The van der Waals surface area contributed by atoms with Crippen LogP contribution in [0, 0.1) is 17.0 Å². The topological polar surface area (TPSA) is 105 Å². The maximum Gasteiger partial charge on any atom is 0.354 e. The number of hydrogen-bond acceptors (Lipinski definition) is 5. The highest BCUT2D eigenvalue weighted by atomic mass is 16.6. The van der Waals surface area contributed by atoms with Gasteiger partial charge in [0.25, 0.3) is 5.69 Å². The summed E-state index contributed by atoms with van der Waals surface area (Å²) in [6, 6.07) is 7.65. The van der Waals surface area contributed by atoms with E-state index in [1.807, 2.05) is 6.92 Å². The van der Waals surface area contributed by atoms with Crippen LogP contribution >= 0.6 is 0 Å². The molecule has 7 nitrogen and oxygen atoms in total. The summed E-state index contributed by atoms with van der Waals surface area (Å²) in [6.45, 7) is 2.24. The Morgan fingerprint density at radius 3 is 2.71 bits per heavy atom. The second-order valence-corrected chi connectivity index (χ2v) is 4.47. The molecule has 2 aromatic rings. The van der Waals surface area contributed by atoms with E-state index >= 15 is 0 Å². The lowest BCUT2D eigenvalue weighted by Crippen LogP contribution is -2.04. The van der Waals surface area contributed by atoms with Crippen LogP contribution in [-0.4, -0.2) is 21.0 Å². The quantitative estimate of drug-likeness (QED) is 0.646. The van der Waals surface area contributed by atoms with E-state index < -0.39 is 10.9 Å². The van der Waals surface area contributed by atoms with Crippen molar-refractivity contribution in [3.8, 4) is 0 Å². The minimum absolute atomic E-state index is 0.0162. The Morgan fingerprint density at radius 2 is 2.14 bits per heavy atom. The number of non-ortho nitro benzene ring substituents is 1. The summed E-state index contributed by atoms with van der Waals surface area (Å²) in [5, 5.41) is 22.6. The van der Waals surface area contributed by atoms with Gasteiger partial charge in [0.05, 0.1) is 4.92 Å². The molecule has 0 atom stereocenters. The Labute approximate surface area is 120 Å². The van der Waals surface area contributed by atoms with Gasteiger partial charge >= 0.3 is 5.97 Å². The third kappa shape index (κ3) is 3.53. The second-order valence-electron chi connectivity index (χ2n) is 4.47. The molecule has 0 amide bonds. The Hall–Kier alpha value is -2.96. The largest absolute Gasteiger partial charge is 0.477 e. The molecule has 0 aliphatic heterocycles. The van der Waals surface area contributed by atoms with Crippen molar-refractivity contribution in [1.82, 2.24) is 4.98 Å². The van der Waals surface area contributed by atoms with Gasteiger partial charge in [-0.2, -0.15) is 0 Å². The highest BCUT2D eigenvalue weighted by molar-refractivity contribution is 5.85.